The zero-order chi connectivity index (χ0) is 24.1. The summed E-state index contributed by atoms with van der Waals surface area (Å²) < 4.78 is 11.2. The van der Waals surface area contributed by atoms with Crippen LogP contribution < -0.4 is 9.47 Å². The molecular weight excluding hydrogens is 430 g/mol. The van der Waals surface area contributed by atoms with Crippen molar-refractivity contribution in [1.82, 2.24) is 0 Å². The summed E-state index contributed by atoms with van der Waals surface area (Å²) in [5.41, 5.74) is 2.79. The van der Waals surface area contributed by atoms with Crippen LogP contribution in [-0.4, -0.2) is 17.8 Å². The Bertz CT molecular complexity index is 1410. The molecule has 0 aliphatic rings. The van der Waals surface area contributed by atoms with E-state index < -0.39 is 4.92 Å². The van der Waals surface area contributed by atoms with E-state index in [1.807, 2.05) is 54.6 Å². The van der Waals surface area contributed by atoms with Crippen LogP contribution in [0.2, 0.25) is 0 Å². The summed E-state index contributed by atoms with van der Waals surface area (Å²) in [6.07, 6.45) is 3.26. The zero-order valence-electron chi connectivity index (χ0n) is 18.9. The first-order valence-corrected chi connectivity index (χ1v) is 10.7. The molecule has 6 heteroatoms. The minimum absolute atomic E-state index is 0.0768. The summed E-state index contributed by atoms with van der Waals surface area (Å²) in [7, 11) is 1.55. The molecule has 0 unspecified atom stereocenters. The van der Waals surface area contributed by atoms with Crippen LogP contribution in [0.5, 0.6) is 11.5 Å². The minimum atomic E-state index is -0.461. The van der Waals surface area contributed by atoms with E-state index in [0.717, 1.165) is 21.9 Å². The monoisotopic (exact) mass is 453 g/mol. The van der Waals surface area contributed by atoms with Crippen molar-refractivity contribution in [3.05, 3.63) is 117 Å². The van der Waals surface area contributed by atoms with Gasteiger partial charge in [-0.3, -0.25) is 14.9 Å². The lowest BCUT2D eigenvalue weighted by molar-refractivity contribution is -0.386. The molecule has 0 aliphatic heterocycles. The minimum Gasteiger partial charge on any atom is -0.496 e. The summed E-state index contributed by atoms with van der Waals surface area (Å²) in [5, 5.41) is 13.5. The molecule has 0 saturated carbocycles. The number of rotatable bonds is 8. The average molecular weight is 453 g/mol. The third-order valence-corrected chi connectivity index (χ3v) is 5.46. The third-order valence-electron chi connectivity index (χ3n) is 5.46. The van der Waals surface area contributed by atoms with Crippen LogP contribution in [0, 0.1) is 17.0 Å². The number of hydrogen-bond acceptors (Lipinski definition) is 5. The first-order valence-electron chi connectivity index (χ1n) is 10.7. The standard InChI is InChI=1S/C28H23NO5/c1-19-7-13-28(25(15-19)29(31)32)34-18-24-16-20(9-14-27(24)33-2)8-12-26(30)23-11-10-21-5-3-4-6-22(21)17-23/h3-17H,18H2,1-2H3/b12-8+. The molecule has 0 saturated heterocycles. The number of nitro benzene ring substituents is 1. The highest BCUT2D eigenvalue weighted by molar-refractivity contribution is 6.08. The molecule has 0 heterocycles. The molecule has 170 valence electrons. The maximum Gasteiger partial charge on any atom is 0.311 e. The Hall–Kier alpha value is -4.45. The second-order valence-electron chi connectivity index (χ2n) is 7.85. The van der Waals surface area contributed by atoms with E-state index in [1.165, 1.54) is 12.1 Å². The summed E-state index contributed by atoms with van der Waals surface area (Å²) in [6.45, 7) is 1.86. The van der Waals surface area contributed by atoms with E-state index in [2.05, 4.69) is 0 Å². The number of methoxy groups -OCH3 is 1. The molecule has 4 aromatic rings. The molecule has 4 rings (SSSR count). The Morgan fingerprint density at radius 2 is 1.71 bits per heavy atom. The lowest BCUT2D eigenvalue weighted by atomic mass is 10.0. The number of ether oxygens (including phenoxy) is 2. The Balaban J connectivity index is 1.53. The lowest BCUT2D eigenvalue weighted by Gasteiger charge is -2.12. The molecule has 0 aromatic heterocycles. The van der Waals surface area contributed by atoms with Gasteiger partial charge in [0.25, 0.3) is 0 Å². The fourth-order valence-electron chi connectivity index (χ4n) is 3.67. The van der Waals surface area contributed by atoms with Crippen LogP contribution in [-0.2, 0) is 6.61 Å². The van der Waals surface area contributed by atoms with Gasteiger partial charge >= 0.3 is 5.69 Å². The molecule has 0 amide bonds. The molecule has 0 aliphatic carbocycles. The highest BCUT2D eigenvalue weighted by Gasteiger charge is 2.16. The first kappa shape index (κ1) is 22.7. The molecule has 0 spiro atoms. The van der Waals surface area contributed by atoms with Crippen molar-refractivity contribution in [2.75, 3.05) is 7.11 Å². The highest BCUT2D eigenvalue weighted by Crippen LogP contribution is 2.30. The largest absolute Gasteiger partial charge is 0.496 e. The Kier molecular flexibility index (Phi) is 6.69. The Labute approximate surface area is 197 Å². The van der Waals surface area contributed by atoms with Gasteiger partial charge in [-0.1, -0.05) is 54.6 Å². The first-order chi connectivity index (χ1) is 16.4. The van der Waals surface area contributed by atoms with Gasteiger partial charge in [-0.15, -0.1) is 0 Å². The second kappa shape index (κ2) is 10.0. The van der Waals surface area contributed by atoms with Crippen LogP contribution in [0.1, 0.15) is 27.0 Å². The number of allylic oxidation sites excluding steroid dienone is 1. The molecule has 4 aromatic carbocycles. The van der Waals surface area contributed by atoms with Gasteiger partial charge < -0.3 is 9.47 Å². The van der Waals surface area contributed by atoms with E-state index in [1.54, 1.807) is 38.3 Å². The topological polar surface area (TPSA) is 78.7 Å². The van der Waals surface area contributed by atoms with Gasteiger partial charge in [0.1, 0.15) is 12.4 Å². The van der Waals surface area contributed by atoms with Crippen molar-refractivity contribution in [3.63, 3.8) is 0 Å². The third kappa shape index (κ3) is 5.13. The van der Waals surface area contributed by atoms with Crippen LogP contribution in [0.4, 0.5) is 5.69 Å². The van der Waals surface area contributed by atoms with Crippen LogP contribution in [0.15, 0.2) is 84.9 Å². The molecule has 0 N–H and O–H groups in total. The molecule has 0 atom stereocenters. The molecule has 6 nitrogen and oxygen atoms in total. The Morgan fingerprint density at radius 3 is 2.47 bits per heavy atom. The fourth-order valence-corrected chi connectivity index (χ4v) is 3.67. The van der Waals surface area contributed by atoms with Gasteiger partial charge in [0, 0.05) is 17.2 Å². The van der Waals surface area contributed by atoms with E-state index in [0.29, 0.717) is 16.9 Å². The van der Waals surface area contributed by atoms with Gasteiger partial charge in [0.05, 0.1) is 12.0 Å². The molecule has 0 fully saturated rings. The number of carbonyl (C=O) groups excluding carboxylic acids is 1. The fraction of sp³-hybridized carbons (Fsp3) is 0.107. The number of ketones is 1. The van der Waals surface area contributed by atoms with Gasteiger partial charge in [0.2, 0.25) is 0 Å². The van der Waals surface area contributed by atoms with Crippen molar-refractivity contribution in [1.29, 1.82) is 0 Å². The smallest absolute Gasteiger partial charge is 0.311 e. The van der Waals surface area contributed by atoms with Gasteiger partial charge in [-0.25, -0.2) is 0 Å². The van der Waals surface area contributed by atoms with Gasteiger partial charge in [-0.05, 0) is 59.2 Å². The van der Waals surface area contributed by atoms with E-state index in [4.69, 9.17) is 9.47 Å². The number of benzene rings is 4. The second-order valence-corrected chi connectivity index (χ2v) is 7.85. The number of fused-ring (bicyclic) bond motifs is 1. The SMILES string of the molecule is COc1ccc(/C=C/C(=O)c2ccc3ccccc3c2)cc1COc1ccc(C)cc1[N+](=O)[O-]. The van der Waals surface area contributed by atoms with Crippen LogP contribution in [0.25, 0.3) is 16.8 Å². The van der Waals surface area contributed by atoms with E-state index >= 15 is 0 Å². The molecule has 0 bridgehead atoms. The van der Waals surface area contributed by atoms with E-state index in [-0.39, 0.29) is 23.8 Å². The lowest BCUT2D eigenvalue weighted by Crippen LogP contribution is -2.02. The van der Waals surface area contributed by atoms with E-state index in [9.17, 15) is 14.9 Å². The Morgan fingerprint density at radius 1 is 0.941 bits per heavy atom. The number of nitrogens with zero attached hydrogens (tertiary/aromatic N) is 1. The number of aryl methyl sites for hydroxylation is 1. The molecular formula is C28H23NO5. The van der Waals surface area contributed by atoms with Crippen LogP contribution >= 0.6 is 0 Å². The predicted octanol–water partition coefficient (Wildman–Crippen LogP) is 6.54. The van der Waals surface area contributed by atoms with Crippen molar-refractivity contribution in [2.45, 2.75) is 13.5 Å². The number of nitro groups is 1. The maximum atomic E-state index is 12.7. The van der Waals surface area contributed by atoms with Crippen molar-refractivity contribution >= 4 is 28.3 Å². The zero-order valence-corrected chi connectivity index (χ0v) is 18.9. The average Bonchev–Trinajstić information content (AvgIpc) is 2.86. The highest BCUT2D eigenvalue weighted by atomic mass is 16.6. The quantitative estimate of drug-likeness (QED) is 0.131. The summed E-state index contributed by atoms with van der Waals surface area (Å²) in [6, 6.07) is 23.8. The van der Waals surface area contributed by atoms with Crippen molar-refractivity contribution in [3.8, 4) is 11.5 Å². The van der Waals surface area contributed by atoms with Crippen molar-refractivity contribution < 1.29 is 19.2 Å². The normalized spacial score (nSPS) is 11.0. The molecule has 34 heavy (non-hydrogen) atoms. The van der Waals surface area contributed by atoms with Gasteiger partial charge in [0.15, 0.2) is 11.5 Å². The number of carbonyl (C=O) groups is 1. The van der Waals surface area contributed by atoms with Crippen molar-refractivity contribution in [2.24, 2.45) is 0 Å². The summed E-state index contributed by atoms with van der Waals surface area (Å²) >= 11 is 0. The number of hydrogen-bond donors (Lipinski definition) is 0. The molecule has 0 radical (unpaired) electrons. The summed E-state index contributed by atoms with van der Waals surface area (Å²) in [5.74, 6) is 0.674. The van der Waals surface area contributed by atoms with Gasteiger partial charge in [-0.2, -0.15) is 0 Å². The van der Waals surface area contributed by atoms with Crippen LogP contribution in [0.3, 0.4) is 0 Å². The predicted molar refractivity (Wildman–Crippen MR) is 132 cm³/mol. The summed E-state index contributed by atoms with van der Waals surface area (Å²) in [4.78, 5) is 23.6. The maximum absolute atomic E-state index is 12.7.